The molecule has 7 heteroatoms. The van der Waals surface area contributed by atoms with Crippen LogP contribution in [0.2, 0.25) is 0 Å². The Morgan fingerprint density at radius 1 is 1.38 bits per heavy atom. The van der Waals surface area contributed by atoms with Crippen LogP contribution in [0.3, 0.4) is 0 Å². The van der Waals surface area contributed by atoms with Gasteiger partial charge in [-0.3, -0.25) is 0 Å². The molecule has 3 rings (SSSR count). The fourth-order valence-electron chi connectivity index (χ4n) is 2.04. The zero-order valence-electron chi connectivity index (χ0n) is 11.2. The summed E-state index contributed by atoms with van der Waals surface area (Å²) in [4.78, 5) is 11.3. The molecular formula is C14H14BrN5O. The highest BCUT2D eigenvalue weighted by Gasteiger charge is 2.16. The Kier molecular flexibility index (Phi) is 4.12. The van der Waals surface area contributed by atoms with Crippen molar-refractivity contribution in [3.05, 3.63) is 64.2 Å². The van der Waals surface area contributed by atoms with E-state index in [-0.39, 0.29) is 6.04 Å². The van der Waals surface area contributed by atoms with Gasteiger partial charge in [-0.05, 0) is 17.7 Å². The summed E-state index contributed by atoms with van der Waals surface area (Å²) in [5, 5.41) is 3.98. The molecule has 3 N–H and O–H groups in total. The van der Waals surface area contributed by atoms with Crippen molar-refractivity contribution in [2.45, 2.75) is 18.9 Å². The molecule has 21 heavy (non-hydrogen) atoms. The second-order valence-electron chi connectivity index (χ2n) is 4.74. The van der Waals surface area contributed by atoms with Gasteiger partial charge in [0.15, 0.2) is 5.82 Å². The van der Waals surface area contributed by atoms with Gasteiger partial charge in [0.2, 0.25) is 5.89 Å². The molecule has 108 valence electrons. The molecule has 0 saturated carbocycles. The highest BCUT2D eigenvalue weighted by Crippen LogP contribution is 2.16. The van der Waals surface area contributed by atoms with E-state index in [1.165, 1.54) is 0 Å². The van der Waals surface area contributed by atoms with Crippen LogP contribution in [0.25, 0.3) is 0 Å². The number of aromatic amines is 1. The topological polar surface area (TPSA) is 93.6 Å². The molecule has 1 atom stereocenters. The summed E-state index contributed by atoms with van der Waals surface area (Å²) in [7, 11) is 0. The third-order valence-corrected chi connectivity index (χ3v) is 3.54. The van der Waals surface area contributed by atoms with Crippen LogP contribution in [0.1, 0.15) is 29.0 Å². The predicted molar refractivity (Wildman–Crippen MR) is 80.5 cm³/mol. The lowest BCUT2D eigenvalue weighted by molar-refractivity contribution is 0.350. The number of rotatable bonds is 5. The van der Waals surface area contributed by atoms with Gasteiger partial charge in [0.1, 0.15) is 0 Å². The van der Waals surface area contributed by atoms with E-state index in [1.54, 1.807) is 12.5 Å². The number of nitrogens with one attached hydrogen (secondary N) is 1. The van der Waals surface area contributed by atoms with E-state index in [2.05, 4.69) is 36.0 Å². The first-order valence-electron chi connectivity index (χ1n) is 6.50. The van der Waals surface area contributed by atoms with Crippen LogP contribution in [0.15, 0.2) is 45.8 Å². The van der Waals surface area contributed by atoms with Crippen molar-refractivity contribution < 1.29 is 4.52 Å². The van der Waals surface area contributed by atoms with Gasteiger partial charge in [-0.2, -0.15) is 4.98 Å². The standard InChI is InChI=1S/C14H14BrN5O/c15-10-3-1-2-9(4-10)5-13-19-14(21-20-13)12(16)6-11-7-17-8-18-11/h1-4,7-8,12H,5-6,16H2,(H,17,18)/t12-/m1/s1. The van der Waals surface area contributed by atoms with Crippen molar-refractivity contribution in [3.63, 3.8) is 0 Å². The molecule has 0 aliphatic rings. The average molecular weight is 348 g/mol. The van der Waals surface area contributed by atoms with Gasteiger partial charge in [-0.25, -0.2) is 4.98 Å². The lowest BCUT2D eigenvalue weighted by atomic mass is 10.1. The number of halogens is 1. The highest BCUT2D eigenvalue weighted by atomic mass is 79.9. The number of H-pyrrole nitrogens is 1. The second-order valence-corrected chi connectivity index (χ2v) is 5.66. The maximum Gasteiger partial charge on any atom is 0.243 e. The minimum absolute atomic E-state index is 0.339. The molecule has 0 saturated heterocycles. The molecule has 0 spiro atoms. The molecule has 0 bridgehead atoms. The summed E-state index contributed by atoms with van der Waals surface area (Å²) in [6, 6.07) is 7.66. The second kappa shape index (κ2) is 6.19. The maximum absolute atomic E-state index is 6.07. The molecule has 0 radical (unpaired) electrons. The van der Waals surface area contributed by atoms with Crippen molar-refractivity contribution in [2.75, 3.05) is 0 Å². The zero-order valence-corrected chi connectivity index (χ0v) is 12.7. The molecule has 0 aliphatic heterocycles. The summed E-state index contributed by atoms with van der Waals surface area (Å²) in [5.41, 5.74) is 8.11. The minimum atomic E-state index is -0.339. The Hall–Kier alpha value is -1.99. The number of hydrogen-bond donors (Lipinski definition) is 2. The molecule has 1 aromatic carbocycles. The summed E-state index contributed by atoms with van der Waals surface area (Å²) in [5.74, 6) is 1.07. The Labute approximate surface area is 129 Å². The fourth-order valence-corrected chi connectivity index (χ4v) is 2.49. The van der Waals surface area contributed by atoms with Gasteiger partial charge < -0.3 is 15.2 Å². The molecule has 3 aromatic rings. The third-order valence-electron chi connectivity index (χ3n) is 3.05. The largest absolute Gasteiger partial charge is 0.348 e. The summed E-state index contributed by atoms with van der Waals surface area (Å²) >= 11 is 3.44. The minimum Gasteiger partial charge on any atom is -0.348 e. The lowest BCUT2D eigenvalue weighted by Gasteiger charge is -2.03. The fraction of sp³-hybridized carbons (Fsp3) is 0.214. The number of aromatic nitrogens is 4. The summed E-state index contributed by atoms with van der Waals surface area (Å²) < 4.78 is 6.27. The lowest BCUT2D eigenvalue weighted by Crippen LogP contribution is -2.14. The molecule has 0 unspecified atom stereocenters. The molecule has 2 aromatic heterocycles. The first kappa shape index (κ1) is 14.0. The highest BCUT2D eigenvalue weighted by molar-refractivity contribution is 9.10. The SMILES string of the molecule is N[C@H](Cc1cnc[nH]1)c1nc(Cc2cccc(Br)c2)no1. The first-order chi connectivity index (χ1) is 10.2. The molecule has 0 amide bonds. The van der Waals surface area contributed by atoms with Crippen LogP contribution in [0.5, 0.6) is 0 Å². The van der Waals surface area contributed by atoms with Crippen molar-refractivity contribution in [1.29, 1.82) is 0 Å². The summed E-state index contributed by atoms with van der Waals surface area (Å²) in [6.45, 7) is 0. The number of imidazole rings is 1. The van der Waals surface area contributed by atoms with Crippen molar-refractivity contribution in [3.8, 4) is 0 Å². The van der Waals surface area contributed by atoms with Crippen LogP contribution in [0, 0.1) is 0 Å². The van der Waals surface area contributed by atoms with Gasteiger partial charge in [0.05, 0.1) is 12.4 Å². The van der Waals surface area contributed by atoms with E-state index in [1.807, 2.05) is 24.3 Å². The van der Waals surface area contributed by atoms with Crippen molar-refractivity contribution in [2.24, 2.45) is 5.73 Å². The van der Waals surface area contributed by atoms with E-state index < -0.39 is 0 Å². The molecule has 0 aliphatic carbocycles. The monoisotopic (exact) mass is 347 g/mol. The van der Waals surface area contributed by atoms with Gasteiger partial charge in [0, 0.05) is 29.2 Å². The summed E-state index contributed by atoms with van der Waals surface area (Å²) in [6.07, 6.45) is 4.55. The van der Waals surface area contributed by atoms with Crippen LogP contribution < -0.4 is 5.73 Å². The molecule has 0 fully saturated rings. The van der Waals surface area contributed by atoms with Gasteiger partial charge in [-0.1, -0.05) is 33.2 Å². The normalized spacial score (nSPS) is 12.5. The van der Waals surface area contributed by atoms with E-state index in [0.717, 1.165) is 15.7 Å². The van der Waals surface area contributed by atoms with E-state index in [0.29, 0.717) is 24.6 Å². The van der Waals surface area contributed by atoms with Crippen LogP contribution in [-0.2, 0) is 12.8 Å². The Morgan fingerprint density at radius 3 is 3.05 bits per heavy atom. The smallest absolute Gasteiger partial charge is 0.243 e. The number of benzene rings is 1. The number of hydrogen-bond acceptors (Lipinski definition) is 5. The van der Waals surface area contributed by atoms with Crippen LogP contribution in [-0.4, -0.2) is 20.1 Å². The van der Waals surface area contributed by atoms with Gasteiger partial charge in [-0.15, -0.1) is 0 Å². The molecule has 2 heterocycles. The van der Waals surface area contributed by atoms with E-state index >= 15 is 0 Å². The Bertz CT molecular complexity index is 710. The Morgan fingerprint density at radius 2 is 2.29 bits per heavy atom. The van der Waals surface area contributed by atoms with E-state index in [9.17, 15) is 0 Å². The van der Waals surface area contributed by atoms with Gasteiger partial charge in [0.25, 0.3) is 0 Å². The first-order valence-corrected chi connectivity index (χ1v) is 7.30. The molecule has 6 nitrogen and oxygen atoms in total. The maximum atomic E-state index is 6.07. The third kappa shape index (κ3) is 3.56. The zero-order chi connectivity index (χ0) is 14.7. The van der Waals surface area contributed by atoms with Gasteiger partial charge >= 0.3 is 0 Å². The van der Waals surface area contributed by atoms with Crippen LogP contribution in [0.4, 0.5) is 0 Å². The van der Waals surface area contributed by atoms with E-state index in [4.69, 9.17) is 10.3 Å². The van der Waals surface area contributed by atoms with Crippen molar-refractivity contribution in [1.82, 2.24) is 20.1 Å². The van der Waals surface area contributed by atoms with Crippen LogP contribution >= 0.6 is 15.9 Å². The number of nitrogens with zero attached hydrogens (tertiary/aromatic N) is 3. The average Bonchev–Trinajstić information content (AvgIpc) is 3.10. The predicted octanol–water partition coefficient (Wildman–Crippen LogP) is 2.39. The Balaban J connectivity index is 1.68. The molecular weight excluding hydrogens is 334 g/mol. The quantitative estimate of drug-likeness (QED) is 0.738. The van der Waals surface area contributed by atoms with Crippen molar-refractivity contribution >= 4 is 15.9 Å². The number of nitrogens with two attached hydrogens (primary N) is 1.